The first-order chi connectivity index (χ1) is 4.77. The van der Waals surface area contributed by atoms with Gasteiger partial charge in [-0.05, 0) is 27.4 Å². The fraction of sp³-hybridized carbons (Fsp3) is 0.556. The average molecular weight is 139 g/mol. The summed E-state index contributed by atoms with van der Waals surface area (Å²) in [5.41, 5.74) is 0. The van der Waals surface area contributed by atoms with Crippen molar-refractivity contribution >= 4 is 0 Å². The van der Waals surface area contributed by atoms with Crippen LogP contribution in [0, 0.1) is 0 Å². The highest BCUT2D eigenvalue weighted by Gasteiger charge is 1.79. The summed E-state index contributed by atoms with van der Waals surface area (Å²) < 4.78 is 0. The molecule has 0 aromatic carbocycles. The molecule has 0 bridgehead atoms. The lowest BCUT2D eigenvalue weighted by Crippen LogP contribution is -2.10. The summed E-state index contributed by atoms with van der Waals surface area (Å²) in [7, 11) is 4.14. The second-order valence-electron chi connectivity index (χ2n) is 2.54. The minimum Gasteiger partial charge on any atom is -0.306 e. The summed E-state index contributed by atoms with van der Waals surface area (Å²) in [5.74, 6) is 0. The van der Waals surface area contributed by atoms with Crippen molar-refractivity contribution in [1.82, 2.24) is 4.90 Å². The number of allylic oxidation sites excluding steroid dienone is 3. The Morgan fingerprint density at radius 3 is 2.30 bits per heavy atom. The van der Waals surface area contributed by atoms with Gasteiger partial charge in [-0.1, -0.05) is 24.3 Å². The monoisotopic (exact) mass is 139 g/mol. The van der Waals surface area contributed by atoms with Gasteiger partial charge < -0.3 is 4.90 Å². The summed E-state index contributed by atoms with van der Waals surface area (Å²) in [6, 6.07) is 0. The van der Waals surface area contributed by atoms with Crippen molar-refractivity contribution in [2.24, 2.45) is 0 Å². The molecule has 10 heavy (non-hydrogen) atoms. The van der Waals surface area contributed by atoms with E-state index < -0.39 is 0 Å². The van der Waals surface area contributed by atoms with Crippen LogP contribution in [0.3, 0.4) is 0 Å². The smallest absolute Gasteiger partial charge is 0.0157 e. The molecule has 0 unspecified atom stereocenters. The molecule has 0 aromatic rings. The van der Waals surface area contributed by atoms with Crippen molar-refractivity contribution in [2.75, 3.05) is 20.6 Å². The molecule has 0 heterocycles. The van der Waals surface area contributed by atoms with E-state index >= 15 is 0 Å². The molecule has 58 valence electrons. The summed E-state index contributed by atoms with van der Waals surface area (Å²) in [6.45, 7) is 3.08. The van der Waals surface area contributed by atoms with Crippen LogP contribution in [0.2, 0.25) is 0 Å². The first kappa shape index (κ1) is 9.44. The zero-order valence-corrected chi connectivity index (χ0v) is 7.17. The number of hydrogen-bond acceptors (Lipinski definition) is 1. The topological polar surface area (TPSA) is 3.24 Å². The second-order valence-corrected chi connectivity index (χ2v) is 2.54. The maximum absolute atomic E-state index is 2.18. The van der Waals surface area contributed by atoms with Gasteiger partial charge in [-0.25, -0.2) is 0 Å². The fourth-order valence-electron chi connectivity index (χ4n) is 0.596. The van der Waals surface area contributed by atoms with Gasteiger partial charge in [0, 0.05) is 6.54 Å². The summed E-state index contributed by atoms with van der Waals surface area (Å²) in [5, 5.41) is 0. The van der Waals surface area contributed by atoms with Gasteiger partial charge in [0.2, 0.25) is 0 Å². The lowest BCUT2D eigenvalue weighted by Gasteiger charge is -2.02. The number of likely N-dealkylation sites (N-methyl/N-ethyl adjacent to an activating group) is 1. The molecule has 0 aliphatic rings. The molecule has 0 aromatic heterocycles. The zero-order chi connectivity index (χ0) is 7.82. The van der Waals surface area contributed by atoms with E-state index in [0.717, 1.165) is 13.0 Å². The van der Waals surface area contributed by atoms with E-state index in [1.54, 1.807) is 0 Å². The van der Waals surface area contributed by atoms with Crippen LogP contribution >= 0.6 is 0 Å². The van der Waals surface area contributed by atoms with Crippen LogP contribution in [-0.2, 0) is 0 Å². The molecule has 0 amide bonds. The zero-order valence-electron chi connectivity index (χ0n) is 7.17. The molecular formula is C9H17N. The van der Waals surface area contributed by atoms with E-state index in [-0.39, 0.29) is 0 Å². The molecule has 0 aliphatic carbocycles. The van der Waals surface area contributed by atoms with E-state index in [1.165, 1.54) is 0 Å². The highest BCUT2D eigenvalue weighted by atomic mass is 15.0. The van der Waals surface area contributed by atoms with Crippen molar-refractivity contribution in [2.45, 2.75) is 13.3 Å². The molecular weight excluding hydrogens is 122 g/mol. The van der Waals surface area contributed by atoms with Crippen LogP contribution in [0.25, 0.3) is 0 Å². The van der Waals surface area contributed by atoms with Crippen LogP contribution in [0.4, 0.5) is 0 Å². The summed E-state index contributed by atoms with van der Waals surface area (Å²) in [4.78, 5) is 2.14. The molecule has 0 rings (SSSR count). The van der Waals surface area contributed by atoms with Crippen molar-refractivity contribution in [1.29, 1.82) is 0 Å². The van der Waals surface area contributed by atoms with E-state index in [4.69, 9.17) is 0 Å². The minimum absolute atomic E-state index is 1.04. The van der Waals surface area contributed by atoms with E-state index in [2.05, 4.69) is 43.3 Å². The number of hydrogen-bond donors (Lipinski definition) is 0. The Hall–Kier alpha value is -0.560. The Morgan fingerprint density at radius 1 is 1.10 bits per heavy atom. The van der Waals surface area contributed by atoms with Gasteiger partial charge >= 0.3 is 0 Å². The first-order valence-electron chi connectivity index (χ1n) is 3.68. The van der Waals surface area contributed by atoms with Gasteiger partial charge in [-0.2, -0.15) is 0 Å². The molecule has 0 atom stereocenters. The highest BCUT2D eigenvalue weighted by molar-refractivity contribution is 4.92. The highest BCUT2D eigenvalue weighted by Crippen LogP contribution is 1.85. The Morgan fingerprint density at radius 2 is 1.80 bits per heavy atom. The normalized spacial score (nSPS) is 12.4. The predicted molar refractivity (Wildman–Crippen MR) is 47.1 cm³/mol. The Balaban J connectivity index is 3.20. The molecule has 1 heteroatoms. The van der Waals surface area contributed by atoms with Crippen molar-refractivity contribution in [3.8, 4) is 0 Å². The molecule has 0 aliphatic heterocycles. The maximum atomic E-state index is 2.18. The third kappa shape index (κ3) is 7.44. The average Bonchev–Trinajstić information content (AvgIpc) is 1.87. The van der Waals surface area contributed by atoms with Crippen LogP contribution in [0.5, 0.6) is 0 Å². The standard InChI is InChI=1S/C9H17N/c1-4-5-6-7-8-9-10(2)3/h4-5,7-8H,6,9H2,1-3H3/b5-4+,8-7+. The van der Waals surface area contributed by atoms with E-state index in [1.807, 2.05) is 6.92 Å². The fourth-order valence-corrected chi connectivity index (χ4v) is 0.596. The molecule has 0 N–H and O–H groups in total. The van der Waals surface area contributed by atoms with Gasteiger partial charge in [0.05, 0.1) is 0 Å². The number of rotatable bonds is 4. The molecule has 0 spiro atoms. The van der Waals surface area contributed by atoms with Crippen molar-refractivity contribution in [3.05, 3.63) is 24.3 Å². The van der Waals surface area contributed by atoms with Gasteiger partial charge in [0.1, 0.15) is 0 Å². The van der Waals surface area contributed by atoms with Crippen LogP contribution in [-0.4, -0.2) is 25.5 Å². The molecule has 0 saturated carbocycles. The Labute approximate surface area is 64.0 Å². The largest absolute Gasteiger partial charge is 0.306 e. The van der Waals surface area contributed by atoms with Gasteiger partial charge in [0.25, 0.3) is 0 Å². The molecule has 0 saturated heterocycles. The predicted octanol–water partition coefficient (Wildman–Crippen LogP) is 2.07. The third-order valence-corrected chi connectivity index (χ3v) is 1.15. The van der Waals surface area contributed by atoms with E-state index in [9.17, 15) is 0 Å². The van der Waals surface area contributed by atoms with Gasteiger partial charge in [-0.15, -0.1) is 0 Å². The lowest BCUT2D eigenvalue weighted by molar-refractivity contribution is 0.456. The third-order valence-electron chi connectivity index (χ3n) is 1.15. The van der Waals surface area contributed by atoms with E-state index in [0.29, 0.717) is 0 Å². The molecule has 1 nitrogen and oxygen atoms in total. The van der Waals surface area contributed by atoms with Crippen LogP contribution < -0.4 is 0 Å². The quantitative estimate of drug-likeness (QED) is 0.539. The summed E-state index contributed by atoms with van der Waals surface area (Å²) >= 11 is 0. The second kappa shape index (κ2) is 6.56. The van der Waals surface area contributed by atoms with Gasteiger partial charge in [-0.3, -0.25) is 0 Å². The maximum Gasteiger partial charge on any atom is 0.0157 e. The molecule has 0 radical (unpaired) electrons. The Bertz CT molecular complexity index is 112. The van der Waals surface area contributed by atoms with Crippen LogP contribution in [0.15, 0.2) is 24.3 Å². The number of nitrogens with zero attached hydrogens (tertiary/aromatic N) is 1. The summed E-state index contributed by atoms with van der Waals surface area (Å²) in [6.07, 6.45) is 9.64. The lowest BCUT2D eigenvalue weighted by atomic mass is 10.3. The van der Waals surface area contributed by atoms with Gasteiger partial charge in [0.15, 0.2) is 0 Å². The van der Waals surface area contributed by atoms with Crippen molar-refractivity contribution in [3.63, 3.8) is 0 Å². The SMILES string of the molecule is C/C=C/C/C=C/CN(C)C. The van der Waals surface area contributed by atoms with Crippen LogP contribution in [0.1, 0.15) is 13.3 Å². The van der Waals surface area contributed by atoms with Crippen molar-refractivity contribution < 1.29 is 0 Å². The molecule has 0 fully saturated rings. The minimum atomic E-state index is 1.04. The first-order valence-corrected chi connectivity index (χ1v) is 3.68. The Kier molecular flexibility index (Phi) is 6.19.